The van der Waals surface area contributed by atoms with Crippen LogP contribution in [0.5, 0.6) is 0 Å². The van der Waals surface area contributed by atoms with E-state index < -0.39 is 0 Å². The molecule has 2 unspecified atom stereocenters. The Morgan fingerprint density at radius 2 is 1.84 bits per heavy atom. The molecule has 19 heavy (non-hydrogen) atoms. The van der Waals surface area contributed by atoms with Crippen LogP contribution in [-0.4, -0.2) is 29.6 Å². The molecule has 1 saturated heterocycles. The van der Waals surface area contributed by atoms with Gasteiger partial charge in [-0.05, 0) is 57.7 Å². The number of hydrogen-bond donors (Lipinski definition) is 1. The summed E-state index contributed by atoms with van der Waals surface area (Å²) in [5.74, 6) is 0. The van der Waals surface area contributed by atoms with E-state index in [0.717, 1.165) is 19.3 Å². The molecule has 1 fully saturated rings. The molecule has 1 aromatic rings. The summed E-state index contributed by atoms with van der Waals surface area (Å²) in [6.07, 6.45) is 5.97. The zero-order valence-electron chi connectivity index (χ0n) is 12.4. The molecule has 1 heterocycles. The largest absolute Gasteiger partial charge is 0.326 e. The first-order valence-electron chi connectivity index (χ1n) is 7.71. The number of likely N-dealkylation sites (tertiary alicyclic amines) is 1. The monoisotopic (exact) mass is 260 g/mol. The smallest absolute Gasteiger partial charge is 0.0329 e. The molecule has 106 valence electrons. The molecular weight excluding hydrogens is 232 g/mol. The Balaban J connectivity index is 1.94. The van der Waals surface area contributed by atoms with Crippen molar-refractivity contribution in [2.75, 3.05) is 13.1 Å². The van der Waals surface area contributed by atoms with Crippen LogP contribution in [0.4, 0.5) is 0 Å². The number of rotatable bonds is 6. The summed E-state index contributed by atoms with van der Waals surface area (Å²) in [6, 6.07) is 11.0. The van der Waals surface area contributed by atoms with E-state index in [1.807, 2.05) is 0 Å². The van der Waals surface area contributed by atoms with E-state index in [-0.39, 0.29) is 11.6 Å². The van der Waals surface area contributed by atoms with Crippen molar-refractivity contribution < 1.29 is 0 Å². The van der Waals surface area contributed by atoms with Crippen molar-refractivity contribution in [3.8, 4) is 0 Å². The topological polar surface area (TPSA) is 29.3 Å². The van der Waals surface area contributed by atoms with E-state index in [0.29, 0.717) is 0 Å². The molecule has 0 amide bonds. The molecule has 2 atom stereocenters. The van der Waals surface area contributed by atoms with Crippen molar-refractivity contribution in [2.24, 2.45) is 5.73 Å². The summed E-state index contributed by atoms with van der Waals surface area (Å²) in [6.45, 7) is 7.08. The minimum Gasteiger partial charge on any atom is -0.326 e. The number of nitrogens with two attached hydrogens (primary N) is 1. The van der Waals surface area contributed by atoms with Crippen LogP contribution in [0, 0.1) is 0 Å². The van der Waals surface area contributed by atoms with Gasteiger partial charge in [-0.2, -0.15) is 0 Å². The lowest BCUT2D eigenvalue weighted by Crippen LogP contribution is -2.56. The first-order valence-corrected chi connectivity index (χ1v) is 7.71. The standard InChI is InChI=1S/C17H28N2/c1-3-17(2,19-13-7-8-14-19)16(18)12-11-15-9-5-4-6-10-15/h4-6,9-10,16H,3,7-8,11-14,18H2,1-2H3. The van der Waals surface area contributed by atoms with Crippen LogP contribution in [-0.2, 0) is 6.42 Å². The molecule has 2 N–H and O–H groups in total. The van der Waals surface area contributed by atoms with Gasteiger partial charge < -0.3 is 5.73 Å². The molecule has 0 spiro atoms. The summed E-state index contributed by atoms with van der Waals surface area (Å²) in [4.78, 5) is 2.61. The summed E-state index contributed by atoms with van der Waals surface area (Å²) >= 11 is 0. The number of benzene rings is 1. The van der Waals surface area contributed by atoms with E-state index in [9.17, 15) is 0 Å². The Bertz CT molecular complexity index is 370. The average molecular weight is 260 g/mol. The predicted molar refractivity (Wildman–Crippen MR) is 82.2 cm³/mol. The maximum atomic E-state index is 6.55. The average Bonchev–Trinajstić information content (AvgIpc) is 2.99. The zero-order valence-corrected chi connectivity index (χ0v) is 12.4. The highest BCUT2D eigenvalue weighted by molar-refractivity contribution is 5.15. The fraction of sp³-hybridized carbons (Fsp3) is 0.647. The predicted octanol–water partition coefficient (Wildman–Crippen LogP) is 3.21. The fourth-order valence-electron chi connectivity index (χ4n) is 3.23. The Hall–Kier alpha value is -0.860. The molecule has 2 heteroatoms. The molecule has 1 aliphatic heterocycles. The van der Waals surface area contributed by atoms with Gasteiger partial charge in [0.2, 0.25) is 0 Å². The van der Waals surface area contributed by atoms with Gasteiger partial charge in [0, 0.05) is 11.6 Å². The molecule has 2 nitrogen and oxygen atoms in total. The van der Waals surface area contributed by atoms with E-state index in [1.165, 1.54) is 31.5 Å². The van der Waals surface area contributed by atoms with E-state index in [2.05, 4.69) is 49.1 Å². The van der Waals surface area contributed by atoms with Gasteiger partial charge in [0.1, 0.15) is 0 Å². The summed E-state index contributed by atoms with van der Waals surface area (Å²) in [5.41, 5.74) is 8.12. The Labute approximate surface area is 118 Å². The number of hydrogen-bond acceptors (Lipinski definition) is 2. The second-order valence-corrected chi connectivity index (χ2v) is 6.04. The third-order valence-corrected chi connectivity index (χ3v) is 4.93. The number of aryl methyl sites for hydroxylation is 1. The van der Waals surface area contributed by atoms with Gasteiger partial charge in [0.15, 0.2) is 0 Å². The number of nitrogens with zero attached hydrogens (tertiary/aromatic N) is 1. The molecular formula is C17H28N2. The van der Waals surface area contributed by atoms with Crippen molar-refractivity contribution in [1.29, 1.82) is 0 Å². The van der Waals surface area contributed by atoms with Gasteiger partial charge in [0.05, 0.1) is 0 Å². The molecule has 2 rings (SSSR count). The van der Waals surface area contributed by atoms with Crippen molar-refractivity contribution in [2.45, 2.75) is 57.5 Å². The normalized spacial score (nSPS) is 21.2. The molecule has 1 aromatic carbocycles. The first kappa shape index (κ1) is 14.5. The lowest BCUT2D eigenvalue weighted by atomic mass is 9.84. The maximum Gasteiger partial charge on any atom is 0.0329 e. The molecule has 0 aromatic heterocycles. The van der Waals surface area contributed by atoms with Crippen molar-refractivity contribution in [3.63, 3.8) is 0 Å². The Morgan fingerprint density at radius 3 is 2.42 bits per heavy atom. The van der Waals surface area contributed by atoms with Crippen molar-refractivity contribution >= 4 is 0 Å². The van der Waals surface area contributed by atoms with Crippen molar-refractivity contribution in [1.82, 2.24) is 4.90 Å². The van der Waals surface area contributed by atoms with Gasteiger partial charge >= 0.3 is 0 Å². The first-order chi connectivity index (χ1) is 9.16. The van der Waals surface area contributed by atoms with Crippen LogP contribution in [0.1, 0.15) is 45.1 Å². The van der Waals surface area contributed by atoms with Gasteiger partial charge in [-0.3, -0.25) is 4.90 Å². The Morgan fingerprint density at radius 1 is 1.21 bits per heavy atom. The van der Waals surface area contributed by atoms with E-state index in [4.69, 9.17) is 5.73 Å². The van der Waals surface area contributed by atoms with Gasteiger partial charge in [0.25, 0.3) is 0 Å². The van der Waals surface area contributed by atoms with Crippen LogP contribution in [0.25, 0.3) is 0 Å². The van der Waals surface area contributed by atoms with Crippen LogP contribution in [0.15, 0.2) is 30.3 Å². The summed E-state index contributed by atoms with van der Waals surface area (Å²) in [5, 5.41) is 0. The van der Waals surface area contributed by atoms with E-state index in [1.54, 1.807) is 0 Å². The summed E-state index contributed by atoms with van der Waals surface area (Å²) < 4.78 is 0. The quantitative estimate of drug-likeness (QED) is 0.851. The minimum atomic E-state index is 0.172. The molecule has 0 radical (unpaired) electrons. The lowest BCUT2D eigenvalue weighted by Gasteiger charge is -2.43. The summed E-state index contributed by atoms with van der Waals surface area (Å²) in [7, 11) is 0. The third-order valence-electron chi connectivity index (χ3n) is 4.93. The third kappa shape index (κ3) is 3.37. The second kappa shape index (κ2) is 6.53. The van der Waals surface area contributed by atoms with Crippen LogP contribution in [0.3, 0.4) is 0 Å². The minimum absolute atomic E-state index is 0.172. The fourth-order valence-corrected chi connectivity index (χ4v) is 3.23. The van der Waals surface area contributed by atoms with Crippen molar-refractivity contribution in [3.05, 3.63) is 35.9 Å². The lowest BCUT2D eigenvalue weighted by molar-refractivity contribution is 0.0966. The highest BCUT2D eigenvalue weighted by Crippen LogP contribution is 2.28. The van der Waals surface area contributed by atoms with Gasteiger partial charge in [-0.25, -0.2) is 0 Å². The van der Waals surface area contributed by atoms with Crippen LogP contribution >= 0.6 is 0 Å². The van der Waals surface area contributed by atoms with E-state index >= 15 is 0 Å². The molecule has 0 aliphatic carbocycles. The highest BCUT2D eigenvalue weighted by atomic mass is 15.2. The maximum absolute atomic E-state index is 6.55. The highest BCUT2D eigenvalue weighted by Gasteiger charge is 2.36. The molecule has 1 aliphatic rings. The zero-order chi connectivity index (χ0) is 13.7. The van der Waals surface area contributed by atoms with Gasteiger partial charge in [-0.1, -0.05) is 37.3 Å². The SMILES string of the molecule is CCC(C)(C(N)CCc1ccccc1)N1CCCC1. The van der Waals surface area contributed by atoms with Crippen LogP contribution in [0.2, 0.25) is 0 Å². The Kier molecular flexibility index (Phi) is 5.00. The molecule has 0 bridgehead atoms. The van der Waals surface area contributed by atoms with Crippen LogP contribution < -0.4 is 5.73 Å². The second-order valence-electron chi connectivity index (χ2n) is 6.04. The van der Waals surface area contributed by atoms with Gasteiger partial charge in [-0.15, -0.1) is 0 Å². The molecule has 0 saturated carbocycles.